The second kappa shape index (κ2) is 7.93. The smallest absolute Gasteiger partial charge is 0.268 e. The lowest BCUT2D eigenvalue weighted by Gasteiger charge is -2.26. The molecule has 1 aromatic carbocycles. The van der Waals surface area contributed by atoms with Crippen LogP contribution in [-0.2, 0) is 17.8 Å². The Kier molecular flexibility index (Phi) is 5.24. The van der Waals surface area contributed by atoms with E-state index >= 15 is 0 Å². The Bertz CT molecular complexity index is 1370. The molecule has 1 aliphatic rings. The topological polar surface area (TPSA) is 61.4 Å². The number of thiophene rings is 1. The Morgan fingerprint density at radius 3 is 2.97 bits per heavy atom. The summed E-state index contributed by atoms with van der Waals surface area (Å²) < 4.78 is 9.83. The van der Waals surface area contributed by atoms with Crippen LogP contribution in [0, 0.1) is 12.8 Å². The van der Waals surface area contributed by atoms with Crippen molar-refractivity contribution in [1.29, 1.82) is 0 Å². The van der Waals surface area contributed by atoms with E-state index in [4.69, 9.17) is 4.74 Å². The molecule has 0 saturated carbocycles. The monoisotopic (exact) mass is 452 g/mol. The first kappa shape index (κ1) is 20.5. The van der Waals surface area contributed by atoms with Gasteiger partial charge in [0.25, 0.3) is 5.56 Å². The molecule has 5 rings (SSSR count). The van der Waals surface area contributed by atoms with Gasteiger partial charge in [-0.25, -0.2) is 8.97 Å². The Balaban J connectivity index is 1.87. The first-order chi connectivity index (χ1) is 15.0. The molecule has 4 aromatic rings. The molecule has 4 heterocycles. The molecule has 0 aliphatic carbocycles. The second-order valence-corrected chi connectivity index (χ2v) is 10.2. The molecule has 0 spiro atoms. The number of fused-ring (bicyclic) bond motifs is 5. The summed E-state index contributed by atoms with van der Waals surface area (Å²) in [5.41, 5.74) is 2.97. The van der Waals surface area contributed by atoms with Crippen LogP contribution in [0.3, 0.4) is 0 Å². The van der Waals surface area contributed by atoms with Gasteiger partial charge in [0.2, 0.25) is 5.78 Å². The molecule has 8 heteroatoms. The Hall–Kier alpha value is -2.42. The van der Waals surface area contributed by atoms with Crippen molar-refractivity contribution < 1.29 is 4.74 Å². The fourth-order valence-corrected chi connectivity index (χ4v) is 6.06. The van der Waals surface area contributed by atoms with Crippen LogP contribution in [0.5, 0.6) is 0 Å². The normalized spacial score (nSPS) is 16.3. The van der Waals surface area contributed by atoms with Crippen molar-refractivity contribution in [2.45, 2.75) is 45.1 Å². The number of thioether (sulfide) groups is 1. The second-order valence-electron chi connectivity index (χ2n) is 8.18. The van der Waals surface area contributed by atoms with Gasteiger partial charge in [0, 0.05) is 17.1 Å². The van der Waals surface area contributed by atoms with Crippen molar-refractivity contribution in [1.82, 2.24) is 19.2 Å². The average Bonchev–Trinajstić information content (AvgIpc) is 3.33. The van der Waals surface area contributed by atoms with Crippen molar-refractivity contribution in [2.24, 2.45) is 5.92 Å². The van der Waals surface area contributed by atoms with E-state index in [1.165, 1.54) is 0 Å². The van der Waals surface area contributed by atoms with E-state index in [0.29, 0.717) is 18.3 Å². The highest BCUT2D eigenvalue weighted by atomic mass is 32.2. The quantitative estimate of drug-likeness (QED) is 0.322. The zero-order chi connectivity index (χ0) is 21.7. The van der Waals surface area contributed by atoms with Gasteiger partial charge in [0.1, 0.15) is 4.83 Å². The fraction of sp³-hybridized carbons (Fsp3) is 0.348. The third-order valence-electron chi connectivity index (χ3n) is 5.68. The van der Waals surface area contributed by atoms with Crippen molar-refractivity contribution in [3.8, 4) is 5.69 Å². The van der Waals surface area contributed by atoms with E-state index < -0.39 is 0 Å². The van der Waals surface area contributed by atoms with Gasteiger partial charge in [-0.3, -0.25) is 4.79 Å². The van der Waals surface area contributed by atoms with Gasteiger partial charge in [0.15, 0.2) is 5.16 Å². The number of ether oxygens (including phenoxy) is 1. The van der Waals surface area contributed by atoms with Crippen molar-refractivity contribution in [3.63, 3.8) is 0 Å². The molecule has 6 nitrogen and oxygen atoms in total. The number of aryl methyl sites for hydroxylation is 1. The SMILES string of the molecule is C=CCSc1nnc2n(-c3cccc(C)c3)c(=O)c3c4c(sc3n12)CO[C@H](C(C)C)C4. The predicted molar refractivity (Wildman–Crippen MR) is 127 cm³/mol. The van der Waals surface area contributed by atoms with Gasteiger partial charge in [-0.05, 0) is 36.1 Å². The molecule has 0 radical (unpaired) electrons. The third-order valence-corrected chi connectivity index (χ3v) is 7.79. The molecule has 3 aromatic heterocycles. The highest BCUT2D eigenvalue weighted by Gasteiger charge is 2.30. The van der Waals surface area contributed by atoms with Crippen LogP contribution in [-0.4, -0.2) is 31.0 Å². The van der Waals surface area contributed by atoms with Crippen molar-refractivity contribution in [3.05, 3.63) is 63.3 Å². The molecule has 31 heavy (non-hydrogen) atoms. The van der Waals surface area contributed by atoms with Crippen LogP contribution in [0.25, 0.3) is 21.7 Å². The molecule has 0 bridgehead atoms. The third kappa shape index (κ3) is 3.33. The molecule has 0 amide bonds. The fourth-order valence-electron chi connectivity index (χ4n) is 4.09. The van der Waals surface area contributed by atoms with Crippen LogP contribution >= 0.6 is 23.1 Å². The number of nitrogens with zero attached hydrogens (tertiary/aromatic N) is 4. The van der Waals surface area contributed by atoms with Gasteiger partial charge in [0.05, 0.1) is 23.8 Å². The first-order valence-electron chi connectivity index (χ1n) is 10.4. The number of hydrogen-bond donors (Lipinski definition) is 0. The van der Waals surface area contributed by atoms with Crippen LogP contribution in [0.1, 0.15) is 29.9 Å². The van der Waals surface area contributed by atoms with E-state index in [2.05, 4.69) is 30.6 Å². The average molecular weight is 453 g/mol. The summed E-state index contributed by atoms with van der Waals surface area (Å²) in [6, 6.07) is 7.95. The minimum atomic E-state index is -0.0392. The van der Waals surface area contributed by atoms with Crippen LogP contribution in [0.4, 0.5) is 0 Å². The van der Waals surface area contributed by atoms with E-state index in [1.807, 2.05) is 41.7 Å². The highest BCUT2D eigenvalue weighted by molar-refractivity contribution is 7.99. The van der Waals surface area contributed by atoms with E-state index in [0.717, 1.165) is 49.2 Å². The zero-order valence-corrected chi connectivity index (χ0v) is 19.4. The largest absolute Gasteiger partial charge is 0.372 e. The Morgan fingerprint density at radius 2 is 2.23 bits per heavy atom. The minimum absolute atomic E-state index is 0.0392. The van der Waals surface area contributed by atoms with Crippen LogP contribution in [0.2, 0.25) is 0 Å². The molecule has 0 fully saturated rings. The van der Waals surface area contributed by atoms with Gasteiger partial charge in [-0.1, -0.05) is 43.8 Å². The van der Waals surface area contributed by atoms with Gasteiger partial charge >= 0.3 is 0 Å². The van der Waals surface area contributed by atoms with Gasteiger partial charge in [-0.2, -0.15) is 0 Å². The summed E-state index contributed by atoms with van der Waals surface area (Å²) in [6.45, 7) is 10.7. The molecule has 160 valence electrons. The number of aromatic nitrogens is 4. The summed E-state index contributed by atoms with van der Waals surface area (Å²) in [7, 11) is 0. The standard InChI is InChI=1S/C23H24N4O2S2/c1-5-9-30-23-25-24-22-26(15-8-6-7-14(4)10-15)20(28)19-16-11-17(13(2)3)29-12-18(16)31-21(19)27(22)23/h5-8,10,13,17H,1,9,11-12H2,2-4H3/t17-/m0/s1. The molecule has 1 aliphatic heterocycles. The molecular weight excluding hydrogens is 428 g/mol. The molecule has 0 unspecified atom stereocenters. The molecular formula is C23H24N4O2S2. The summed E-state index contributed by atoms with van der Waals surface area (Å²) in [5, 5.41) is 10.4. The lowest BCUT2D eigenvalue weighted by Crippen LogP contribution is -2.28. The summed E-state index contributed by atoms with van der Waals surface area (Å²) in [4.78, 5) is 15.9. The highest BCUT2D eigenvalue weighted by Crippen LogP contribution is 2.37. The predicted octanol–water partition coefficient (Wildman–Crippen LogP) is 4.78. The van der Waals surface area contributed by atoms with E-state index in [9.17, 15) is 4.79 Å². The molecule has 1 atom stereocenters. The lowest BCUT2D eigenvalue weighted by molar-refractivity contribution is 0.00200. The Morgan fingerprint density at radius 1 is 1.39 bits per heavy atom. The minimum Gasteiger partial charge on any atom is -0.372 e. The van der Waals surface area contributed by atoms with Gasteiger partial charge in [-0.15, -0.1) is 28.1 Å². The van der Waals surface area contributed by atoms with Crippen LogP contribution in [0.15, 0.2) is 46.9 Å². The summed E-state index contributed by atoms with van der Waals surface area (Å²) in [6.07, 6.45) is 2.71. The molecule has 0 N–H and O–H groups in total. The summed E-state index contributed by atoms with van der Waals surface area (Å²) >= 11 is 3.19. The van der Waals surface area contributed by atoms with Crippen molar-refractivity contribution >= 4 is 39.1 Å². The number of hydrogen-bond acceptors (Lipinski definition) is 6. The maximum atomic E-state index is 13.9. The molecule has 0 saturated heterocycles. The van der Waals surface area contributed by atoms with Gasteiger partial charge < -0.3 is 4.74 Å². The van der Waals surface area contributed by atoms with E-state index in [1.54, 1.807) is 27.7 Å². The number of benzene rings is 1. The van der Waals surface area contributed by atoms with E-state index in [-0.39, 0.29) is 11.7 Å². The first-order valence-corrected chi connectivity index (χ1v) is 12.2. The lowest BCUT2D eigenvalue weighted by atomic mass is 9.96. The Labute approximate surface area is 188 Å². The van der Waals surface area contributed by atoms with Crippen molar-refractivity contribution in [2.75, 3.05) is 5.75 Å². The zero-order valence-electron chi connectivity index (χ0n) is 17.8. The summed E-state index contributed by atoms with van der Waals surface area (Å²) in [5.74, 6) is 1.64. The maximum Gasteiger partial charge on any atom is 0.268 e. The maximum absolute atomic E-state index is 13.9. The number of rotatable bonds is 5. The van der Waals surface area contributed by atoms with Crippen LogP contribution < -0.4 is 5.56 Å².